The normalized spacial score (nSPS) is 12.2. The van der Waals surface area contributed by atoms with Crippen LogP contribution in [0.25, 0.3) is 98.4 Å². The van der Waals surface area contributed by atoms with Crippen LogP contribution in [-0.2, 0) is 0 Å². The number of hydrogen-bond acceptors (Lipinski definition) is 2. The van der Waals surface area contributed by atoms with Crippen molar-refractivity contribution in [2.45, 2.75) is 0 Å². The number of imidazole rings is 1. The highest BCUT2D eigenvalue weighted by Gasteiger charge is 2.24. The summed E-state index contributed by atoms with van der Waals surface area (Å²) < 4.78 is 4.21. The van der Waals surface area contributed by atoms with E-state index in [2.05, 4.69) is 108 Å². The van der Waals surface area contributed by atoms with E-state index in [4.69, 9.17) is 4.98 Å². The molecule has 4 heteroatoms. The Morgan fingerprint density at radius 2 is 1.00 bits per heavy atom. The fourth-order valence-corrected chi connectivity index (χ4v) is 8.25. The van der Waals surface area contributed by atoms with E-state index < -0.39 is 0 Å². The summed E-state index contributed by atoms with van der Waals surface area (Å²) in [4.78, 5) is 19.4. The standard InChI is InChI=1S/C44H25N3O/c48-44-34-19-9-8-18-33(34)41-40-35-20-10-11-21-38(35)46(39(40)25-37-42(41)47(44)43(45-37)26-12-2-1-3-13-26)27-22-23-32-30-16-5-4-14-28(30)29-15-6-7-17-31(29)36(32)24-27/h1-25H. The summed E-state index contributed by atoms with van der Waals surface area (Å²) in [7, 11) is 0. The zero-order valence-electron chi connectivity index (χ0n) is 25.7. The maximum absolute atomic E-state index is 14.2. The van der Waals surface area contributed by atoms with Gasteiger partial charge in [-0.25, -0.2) is 4.98 Å². The van der Waals surface area contributed by atoms with Gasteiger partial charge in [0.15, 0.2) is 0 Å². The minimum Gasteiger partial charge on any atom is -0.309 e. The molecule has 0 atom stereocenters. The third kappa shape index (κ3) is 3.23. The van der Waals surface area contributed by atoms with Gasteiger partial charge in [-0.1, -0.05) is 121 Å². The van der Waals surface area contributed by atoms with Crippen LogP contribution in [0.15, 0.2) is 156 Å². The lowest BCUT2D eigenvalue weighted by molar-refractivity contribution is 1.13. The minimum absolute atomic E-state index is 0.0452. The monoisotopic (exact) mass is 611 g/mol. The number of hydrogen-bond donors (Lipinski definition) is 0. The first-order chi connectivity index (χ1) is 23.8. The maximum atomic E-state index is 14.2. The second-order valence-electron chi connectivity index (χ2n) is 12.7. The van der Waals surface area contributed by atoms with Gasteiger partial charge in [0.05, 0.1) is 22.1 Å². The van der Waals surface area contributed by atoms with E-state index in [9.17, 15) is 4.79 Å². The number of benzene rings is 8. The second kappa shape index (κ2) is 9.27. The number of fused-ring (bicyclic) bond motifs is 12. The Bertz CT molecular complexity index is 3150. The Balaban J connectivity index is 1.34. The highest BCUT2D eigenvalue weighted by atomic mass is 16.1. The first-order valence-corrected chi connectivity index (χ1v) is 16.3. The second-order valence-corrected chi connectivity index (χ2v) is 12.7. The van der Waals surface area contributed by atoms with Gasteiger partial charge in [-0.15, -0.1) is 0 Å². The molecule has 0 saturated heterocycles. The molecule has 0 spiro atoms. The largest absolute Gasteiger partial charge is 0.309 e. The summed E-state index contributed by atoms with van der Waals surface area (Å²) in [6, 6.07) is 53.1. The van der Waals surface area contributed by atoms with Crippen LogP contribution in [0.2, 0.25) is 0 Å². The minimum atomic E-state index is -0.0452. The van der Waals surface area contributed by atoms with Crippen LogP contribution in [-0.4, -0.2) is 14.0 Å². The summed E-state index contributed by atoms with van der Waals surface area (Å²) in [5.41, 5.74) is 5.81. The van der Waals surface area contributed by atoms with Gasteiger partial charge in [-0.3, -0.25) is 9.20 Å². The van der Waals surface area contributed by atoms with Gasteiger partial charge in [-0.2, -0.15) is 0 Å². The van der Waals surface area contributed by atoms with E-state index in [0.29, 0.717) is 11.2 Å². The lowest BCUT2D eigenvalue weighted by Crippen LogP contribution is -2.14. The molecule has 0 saturated carbocycles. The highest BCUT2D eigenvalue weighted by Crippen LogP contribution is 2.43. The lowest BCUT2D eigenvalue weighted by atomic mass is 9.94. The Morgan fingerprint density at radius 1 is 0.438 bits per heavy atom. The van der Waals surface area contributed by atoms with Crippen LogP contribution in [0.5, 0.6) is 0 Å². The van der Waals surface area contributed by atoms with Crippen molar-refractivity contribution in [1.29, 1.82) is 0 Å². The van der Waals surface area contributed by atoms with Gasteiger partial charge < -0.3 is 4.57 Å². The molecule has 3 heterocycles. The van der Waals surface area contributed by atoms with E-state index in [1.165, 1.54) is 32.3 Å². The van der Waals surface area contributed by atoms with Crippen LogP contribution >= 0.6 is 0 Å². The molecule has 0 N–H and O–H groups in total. The lowest BCUT2D eigenvalue weighted by Gasteiger charge is -2.14. The van der Waals surface area contributed by atoms with Gasteiger partial charge in [0, 0.05) is 32.8 Å². The van der Waals surface area contributed by atoms with Crippen molar-refractivity contribution in [3.8, 4) is 17.1 Å². The number of nitrogens with zero attached hydrogens (tertiary/aromatic N) is 3. The molecule has 0 unspecified atom stereocenters. The van der Waals surface area contributed by atoms with Gasteiger partial charge >= 0.3 is 0 Å². The molecule has 0 aliphatic rings. The first kappa shape index (κ1) is 25.6. The number of para-hydroxylation sites is 1. The fraction of sp³-hybridized carbons (Fsp3) is 0. The van der Waals surface area contributed by atoms with Crippen molar-refractivity contribution < 1.29 is 0 Å². The zero-order chi connectivity index (χ0) is 31.5. The van der Waals surface area contributed by atoms with Crippen LogP contribution in [0.4, 0.5) is 0 Å². The van der Waals surface area contributed by atoms with Crippen molar-refractivity contribution in [3.05, 3.63) is 162 Å². The van der Waals surface area contributed by atoms with Crippen molar-refractivity contribution in [1.82, 2.24) is 14.0 Å². The van der Waals surface area contributed by atoms with Gasteiger partial charge in [0.1, 0.15) is 5.82 Å². The number of rotatable bonds is 2. The van der Waals surface area contributed by atoms with Gasteiger partial charge in [0.25, 0.3) is 5.56 Å². The fourth-order valence-electron chi connectivity index (χ4n) is 8.25. The Morgan fingerprint density at radius 3 is 1.71 bits per heavy atom. The summed E-state index contributed by atoms with van der Waals surface area (Å²) in [5, 5.41) is 12.4. The van der Waals surface area contributed by atoms with Gasteiger partial charge in [-0.05, 0) is 68.0 Å². The summed E-state index contributed by atoms with van der Waals surface area (Å²) in [6.07, 6.45) is 0. The van der Waals surface area contributed by atoms with Crippen LogP contribution in [0.3, 0.4) is 0 Å². The molecular weight excluding hydrogens is 587 g/mol. The molecule has 0 radical (unpaired) electrons. The number of pyridine rings is 1. The molecule has 8 aromatic carbocycles. The van der Waals surface area contributed by atoms with Crippen molar-refractivity contribution in [3.63, 3.8) is 0 Å². The van der Waals surface area contributed by atoms with Crippen LogP contribution in [0.1, 0.15) is 0 Å². The number of aromatic nitrogens is 3. The first-order valence-electron chi connectivity index (χ1n) is 16.3. The predicted molar refractivity (Wildman–Crippen MR) is 200 cm³/mol. The van der Waals surface area contributed by atoms with Crippen molar-refractivity contribution in [2.75, 3.05) is 0 Å². The topological polar surface area (TPSA) is 39.3 Å². The third-order valence-electron chi connectivity index (χ3n) is 10.2. The molecule has 11 aromatic rings. The van der Waals surface area contributed by atoms with Crippen LogP contribution < -0.4 is 5.56 Å². The predicted octanol–water partition coefficient (Wildman–Crippen LogP) is 10.7. The van der Waals surface area contributed by atoms with E-state index in [0.717, 1.165) is 54.9 Å². The maximum Gasteiger partial charge on any atom is 0.264 e. The summed E-state index contributed by atoms with van der Waals surface area (Å²) in [6.45, 7) is 0. The Kier molecular flexibility index (Phi) is 4.96. The third-order valence-corrected chi connectivity index (χ3v) is 10.2. The van der Waals surface area contributed by atoms with Crippen molar-refractivity contribution in [2.24, 2.45) is 0 Å². The van der Waals surface area contributed by atoms with Crippen LogP contribution in [0, 0.1) is 0 Å². The molecule has 0 amide bonds. The molecule has 222 valence electrons. The van der Waals surface area contributed by atoms with Crippen molar-refractivity contribution >= 4 is 81.3 Å². The quantitative estimate of drug-likeness (QED) is 0.182. The SMILES string of the molecule is O=c1c2ccccc2c2c3c4ccccc4n(-c4ccc5c6ccccc6c6ccccc6c5c4)c3cc3nc(-c4ccccc4)n1c32. The molecule has 0 aliphatic carbocycles. The summed E-state index contributed by atoms with van der Waals surface area (Å²) in [5.74, 6) is 0.666. The molecule has 3 aromatic heterocycles. The zero-order valence-corrected chi connectivity index (χ0v) is 25.7. The smallest absolute Gasteiger partial charge is 0.264 e. The van der Waals surface area contributed by atoms with E-state index >= 15 is 0 Å². The van der Waals surface area contributed by atoms with E-state index in [1.807, 2.05) is 52.9 Å². The molecule has 11 rings (SSSR count). The average molecular weight is 612 g/mol. The van der Waals surface area contributed by atoms with E-state index in [-0.39, 0.29) is 5.56 Å². The molecule has 0 fully saturated rings. The highest BCUT2D eigenvalue weighted by molar-refractivity contribution is 6.31. The van der Waals surface area contributed by atoms with E-state index in [1.54, 1.807) is 0 Å². The summed E-state index contributed by atoms with van der Waals surface area (Å²) >= 11 is 0. The Hall–Kier alpha value is -6.52. The molecule has 48 heavy (non-hydrogen) atoms. The molecular formula is C44H25N3O. The Labute approximate surface area is 273 Å². The molecule has 0 aliphatic heterocycles. The molecule has 4 nitrogen and oxygen atoms in total. The van der Waals surface area contributed by atoms with Gasteiger partial charge in [0.2, 0.25) is 0 Å². The molecule has 0 bridgehead atoms. The average Bonchev–Trinajstić information content (AvgIpc) is 3.70.